The van der Waals surface area contributed by atoms with Gasteiger partial charge in [-0.15, -0.1) is 0 Å². The van der Waals surface area contributed by atoms with E-state index in [1.807, 2.05) is 20.8 Å². The molecule has 0 bridgehead atoms. The van der Waals surface area contributed by atoms with Gasteiger partial charge in [-0.25, -0.2) is 0 Å². The van der Waals surface area contributed by atoms with E-state index in [1.165, 1.54) is 0 Å². The van der Waals surface area contributed by atoms with Gasteiger partial charge in [0.05, 0.1) is 12.7 Å². The van der Waals surface area contributed by atoms with E-state index in [9.17, 15) is 0 Å². The summed E-state index contributed by atoms with van der Waals surface area (Å²) in [5, 5.41) is 3.08. The van der Waals surface area contributed by atoms with E-state index in [1.54, 1.807) is 0 Å². The molecule has 0 aromatic carbocycles. The van der Waals surface area contributed by atoms with Crippen LogP contribution in [0.3, 0.4) is 0 Å². The highest BCUT2D eigenvalue weighted by molar-refractivity contribution is 4.83. The molecule has 0 saturated heterocycles. The molecule has 0 saturated carbocycles. The summed E-state index contributed by atoms with van der Waals surface area (Å²) >= 11 is 0. The Balaban J connectivity index is 2.98. The van der Waals surface area contributed by atoms with Crippen molar-refractivity contribution < 1.29 is 4.74 Å². The van der Waals surface area contributed by atoms with Crippen molar-refractivity contribution in [1.82, 2.24) is 5.32 Å². The minimum absolute atomic E-state index is 0.326. The molecule has 0 unspecified atom stereocenters. The monoisotopic (exact) mass is 143 g/mol. The molecular formula is C8H17NO. The molecule has 0 rings (SSSR count). The first-order chi connectivity index (χ1) is 4.63. The molecule has 0 aromatic rings. The fraction of sp³-hybridized carbons (Fsp3) is 0.750. The molecule has 2 nitrogen and oxygen atoms in total. The van der Waals surface area contributed by atoms with E-state index >= 15 is 0 Å². The van der Waals surface area contributed by atoms with Crippen LogP contribution in [0.4, 0.5) is 0 Å². The Kier molecular flexibility index (Phi) is 5.03. The van der Waals surface area contributed by atoms with Crippen LogP contribution in [0, 0.1) is 0 Å². The summed E-state index contributed by atoms with van der Waals surface area (Å²) in [6, 6.07) is 0. The Hall–Kier alpha value is -0.500. The molecule has 60 valence electrons. The van der Waals surface area contributed by atoms with Crippen molar-refractivity contribution in [3.05, 3.63) is 12.3 Å². The third-order valence-corrected chi connectivity index (χ3v) is 0.980. The van der Waals surface area contributed by atoms with Gasteiger partial charge in [0.25, 0.3) is 0 Å². The Morgan fingerprint density at radius 1 is 1.60 bits per heavy atom. The van der Waals surface area contributed by atoms with Crippen LogP contribution in [0.5, 0.6) is 0 Å². The molecule has 0 radical (unpaired) electrons. The summed E-state index contributed by atoms with van der Waals surface area (Å²) in [6.07, 6.45) is 0.326. The number of ether oxygens (including phenoxy) is 1. The Labute approximate surface area is 63.3 Å². The first-order valence-corrected chi connectivity index (χ1v) is 3.64. The lowest BCUT2D eigenvalue weighted by Crippen LogP contribution is -2.19. The molecule has 2 heteroatoms. The summed E-state index contributed by atoms with van der Waals surface area (Å²) in [7, 11) is 0. The van der Waals surface area contributed by atoms with Gasteiger partial charge in [0.1, 0.15) is 0 Å². The number of rotatable bonds is 5. The molecule has 0 heterocycles. The van der Waals surface area contributed by atoms with Crippen molar-refractivity contribution in [1.29, 1.82) is 0 Å². The first kappa shape index (κ1) is 9.50. The lowest BCUT2D eigenvalue weighted by molar-refractivity contribution is 0.0820. The average Bonchev–Trinajstić information content (AvgIpc) is 1.79. The van der Waals surface area contributed by atoms with E-state index < -0.39 is 0 Å². The second-order valence-corrected chi connectivity index (χ2v) is 2.63. The van der Waals surface area contributed by atoms with Crippen LogP contribution in [-0.4, -0.2) is 19.3 Å². The van der Waals surface area contributed by atoms with E-state index in [-0.39, 0.29) is 0 Å². The minimum atomic E-state index is 0.326. The Morgan fingerprint density at radius 2 is 2.20 bits per heavy atom. The quantitative estimate of drug-likeness (QED) is 0.589. The maximum Gasteiger partial charge on any atom is 0.0642 e. The smallest absolute Gasteiger partial charge is 0.0642 e. The number of hydrogen-bond donors (Lipinski definition) is 1. The lowest BCUT2D eigenvalue weighted by atomic mass is 10.5. The summed E-state index contributed by atoms with van der Waals surface area (Å²) in [4.78, 5) is 0. The van der Waals surface area contributed by atoms with Gasteiger partial charge in [-0.05, 0) is 20.8 Å². The summed E-state index contributed by atoms with van der Waals surface area (Å²) in [5.74, 6) is 0. The zero-order valence-electron chi connectivity index (χ0n) is 7.11. The molecule has 0 spiro atoms. The lowest BCUT2D eigenvalue weighted by Gasteiger charge is -2.08. The maximum atomic E-state index is 5.29. The van der Waals surface area contributed by atoms with Crippen molar-refractivity contribution in [2.45, 2.75) is 26.9 Å². The highest BCUT2D eigenvalue weighted by Crippen LogP contribution is 1.85. The zero-order valence-corrected chi connectivity index (χ0v) is 7.11. The van der Waals surface area contributed by atoms with Crippen molar-refractivity contribution in [3.8, 4) is 0 Å². The molecule has 0 aliphatic heterocycles. The van der Waals surface area contributed by atoms with Crippen LogP contribution < -0.4 is 5.32 Å². The summed E-state index contributed by atoms with van der Waals surface area (Å²) in [6.45, 7) is 11.3. The van der Waals surface area contributed by atoms with Crippen LogP contribution in [0.1, 0.15) is 20.8 Å². The molecule has 10 heavy (non-hydrogen) atoms. The van der Waals surface area contributed by atoms with E-state index in [4.69, 9.17) is 4.74 Å². The fourth-order valence-electron chi connectivity index (χ4n) is 0.559. The van der Waals surface area contributed by atoms with Gasteiger partial charge in [-0.2, -0.15) is 0 Å². The number of hydrogen-bond acceptors (Lipinski definition) is 2. The number of nitrogens with one attached hydrogen (secondary N) is 1. The van der Waals surface area contributed by atoms with Crippen LogP contribution in [0.25, 0.3) is 0 Å². The standard InChI is InChI=1S/C8H17NO/c1-7(2)9-5-6-10-8(3)4/h8-9H,1,5-6H2,2-4H3. The minimum Gasteiger partial charge on any atom is -0.387 e. The van der Waals surface area contributed by atoms with Gasteiger partial charge < -0.3 is 10.1 Å². The summed E-state index contributed by atoms with van der Waals surface area (Å²) < 4.78 is 5.29. The van der Waals surface area contributed by atoms with Crippen molar-refractivity contribution in [3.63, 3.8) is 0 Å². The largest absolute Gasteiger partial charge is 0.387 e. The molecule has 0 aromatic heterocycles. The van der Waals surface area contributed by atoms with Gasteiger partial charge in [0.15, 0.2) is 0 Å². The van der Waals surface area contributed by atoms with Crippen LogP contribution in [-0.2, 0) is 4.74 Å². The normalized spacial score (nSPS) is 10.0. The molecule has 1 N–H and O–H groups in total. The van der Waals surface area contributed by atoms with Crippen LogP contribution in [0.15, 0.2) is 12.3 Å². The molecule has 0 fully saturated rings. The predicted molar refractivity (Wildman–Crippen MR) is 43.9 cm³/mol. The van der Waals surface area contributed by atoms with Gasteiger partial charge in [0.2, 0.25) is 0 Å². The van der Waals surface area contributed by atoms with Crippen molar-refractivity contribution >= 4 is 0 Å². The Morgan fingerprint density at radius 3 is 2.60 bits per heavy atom. The van der Waals surface area contributed by atoms with E-state index in [0.717, 1.165) is 18.8 Å². The summed E-state index contributed by atoms with van der Waals surface area (Å²) in [5.41, 5.74) is 0.993. The van der Waals surface area contributed by atoms with Gasteiger partial charge in [-0.3, -0.25) is 0 Å². The molecule has 0 amide bonds. The molecular weight excluding hydrogens is 126 g/mol. The van der Waals surface area contributed by atoms with Crippen LogP contribution in [0.2, 0.25) is 0 Å². The number of allylic oxidation sites excluding steroid dienone is 1. The molecule has 0 aliphatic rings. The molecule has 0 aliphatic carbocycles. The highest BCUT2D eigenvalue weighted by Gasteiger charge is 1.90. The highest BCUT2D eigenvalue weighted by atomic mass is 16.5. The third-order valence-electron chi connectivity index (χ3n) is 0.980. The fourth-order valence-corrected chi connectivity index (χ4v) is 0.559. The van der Waals surface area contributed by atoms with Crippen molar-refractivity contribution in [2.75, 3.05) is 13.2 Å². The maximum absolute atomic E-state index is 5.29. The second kappa shape index (κ2) is 5.30. The second-order valence-electron chi connectivity index (χ2n) is 2.63. The van der Waals surface area contributed by atoms with Gasteiger partial charge in [-0.1, -0.05) is 6.58 Å². The molecule has 0 atom stereocenters. The van der Waals surface area contributed by atoms with E-state index in [0.29, 0.717) is 6.10 Å². The van der Waals surface area contributed by atoms with Gasteiger partial charge in [0, 0.05) is 12.2 Å². The Bertz CT molecular complexity index is 99.4. The first-order valence-electron chi connectivity index (χ1n) is 3.64. The topological polar surface area (TPSA) is 21.3 Å². The van der Waals surface area contributed by atoms with Crippen molar-refractivity contribution in [2.24, 2.45) is 0 Å². The van der Waals surface area contributed by atoms with E-state index in [2.05, 4.69) is 11.9 Å². The average molecular weight is 143 g/mol. The zero-order chi connectivity index (χ0) is 7.98. The SMILES string of the molecule is C=C(C)NCCOC(C)C. The third kappa shape index (κ3) is 7.50. The van der Waals surface area contributed by atoms with Gasteiger partial charge >= 0.3 is 0 Å². The van der Waals surface area contributed by atoms with Crippen LogP contribution >= 0.6 is 0 Å². The predicted octanol–water partition coefficient (Wildman–Crippen LogP) is 1.53.